The van der Waals surface area contributed by atoms with Gasteiger partial charge in [0.15, 0.2) is 0 Å². The van der Waals surface area contributed by atoms with E-state index < -0.39 is 22.8 Å². The molecule has 0 spiro atoms. The number of anilines is 1. The van der Waals surface area contributed by atoms with Crippen LogP contribution in [0.2, 0.25) is 0 Å². The number of urea groups is 1. The van der Waals surface area contributed by atoms with Crippen molar-refractivity contribution in [2.45, 2.75) is 6.92 Å². The third kappa shape index (κ3) is 3.95. The molecule has 1 aromatic heterocycles. The third-order valence-corrected chi connectivity index (χ3v) is 5.33. The van der Waals surface area contributed by atoms with E-state index in [9.17, 15) is 24.5 Å². The highest BCUT2D eigenvalue weighted by atomic mass is 79.9. The van der Waals surface area contributed by atoms with Crippen molar-refractivity contribution in [3.63, 3.8) is 0 Å². The molecule has 4 rings (SSSR count). The second-order valence-corrected chi connectivity index (χ2v) is 7.81. The van der Waals surface area contributed by atoms with Crippen LogP contribution in [0, 0.1) is 17.0 Å². The standard InChI is InChI=1S/C22H14BrN3O6/c1-12-2-5-15(26(30)31)10-17(12)19-9-8-16(32-19)11-18-20(27)24-22(29)25(21(18)28)14-6-3-13(23)4-7-14/h2-11H,1H3,(H,24,27,29). The number of nitro benzene ring substituents is 1. The zero-order valence-corrected chi connectivity index (χ0v) is 18.1. The first kappa shape index (κ1) is 21.2. The average Bonchev–Trinajstić information content (AvgIpc) is 3.21. The van der Waals surface area contributed by atoms with Crippen LogP contribution < -0.4 is 10.2 Å². The minimum atomic E-state index is -0.855. The molecule has 0 bridgehead atoms. The van der Waals surface area contributed by atoms with Gasteiger partial charge in [-0.2, -0.15) is 0 Å². The molecule has 2 aromatic carbocycles. The highest BCUT2D eigenvalue weighted by Crippen LogP contribution is 2.30. The Balaban J connectivity index is 1.69. The lowest BCUT2D eigenvalue weighted by Crippen LogP contribution is -2.54. The summed E-state index contributed by atoms with van der Waals surface area (Å²) < 4.78 is 6.49. The highest BCUT2D eigenvalue weighted by molar-refractivity contribution is 9.10. The van der Waals surface area contributed by atoms with Crippen LogP contribution in [0.25, 0.3) is 17.4 Å². The molecule has 10 heteroatoms. The lowest BCUT2D eigenvalue weighted by molar-refractivity contribution is -0.384. The van der Waals surface area contributed by atoms with E-state index in [2.05, 4.69) is 21.2 Å². The van der Waals surface area contributed by atoms with Crippen LogP contribution in [0.15, 0.2) is 69.1 Å². The van der Waals surface area contributed by atoms with Gasteiger partial charge in [0.25, 0.3) is 17.5 Å². The number of halogens is 1. The fourth-order valence-electron chi connectivity index (χ4n) is 3.19. The van der Waals surface area contributed by atoms with Crippen molar-refractivity contribution >= 4 is 51.2 Å². The normalized spacial score (nSPS) is 15.2. The Morgan fingerprint density at radius 2 is 1.78 bits per heavy atom. The quantitative estimate of drug-likeness (QED) is 0.244. The van der Waals surface area contributed by atoms with E-state index in [1.807, 2.05) is 0 Å². The van der Waals surface area contributed by atoms with Crippen molar-refractivity contribution in [1.82, 2.24) is 5.32 Å². The van der Waals surface area contributed by atoms with Crippen LogP contribution in [-0.2, 0) is 9.59 Å². The molecule has 0 radical (unpaired) electrons. The Morgan fingerprint density at radius 1 is 1.06 bits per heavy atom. The molecule has 0 aliphatic carbocycles. The maximum atomic E-state index is 12.9. The molecule has 1 aliphatic heterocycles. The molecule has 32 heavy (non-hydrogen) atoms. The summed E-state index contributed by atoms with van der Waals surface area (Å²) in [4.78, 5) is 49.0. The number of rotatable bonds is 4. The smallest absolute Gasteiger partial charge is 0.335 e. The number of imide groups is 2. The number of hydrogen-bond acceptors (Lipinski definition) is 6. The van der Waals surface area contributed by atoms with Crippen LogP contribution in [0.4, 0.5) is 16.2 Å². The molecule has 160 valence electrons. The van der Waals surface area contributed by atoms with E-state index in [4.69, 9.17) is 4.42 Å². The Bertz CT molecular complexity index is 1310. The molecular formula is C22H14BrN3O6. The number of nitrogens with zero attached hydrogens (tertiary/aromatic N) is 2. The van der Waals surface area contributed by atoms with Crippen molar-refractivity contribution in [3.05, 3.63) is 86.1 Å². The topological polar surface area (TPSA) is 123 Å². The van der Waals surface area contributed by atoms with Gasteiger partial charge in [-0.1, -0.05) is 22.0 Å². The Kier molecular flexibility index (Phi) is 5.45. The van der Waals surface area contributed by atoms with Gasteiger partial charge in [0.2, 0.25) is 0 Å². The van der Waals surface area contributed by atoms with Crippen LogP contribution in [0.5, 0.6) is 0 Å². The molecule has 0 atom stereocenters. The zero-order valence-electron chi connectivity index (χ0n) is 16.5. The predicted molar refractivity (Wildman–Crippen MR) is 119 cm³/mol. The van der Waals surface area contributed by atoms with Gasteiger partial charge < -0.3 is 4.42 Å². The second-order valence-electron chi connectivity index (χ2n) is 6.89. The fourth-order valence-corrected chi connectivity index (χ4v) is 3.45. The van der Waals surface area contributed by atoms with E-state index in [1.165, 1.54) is 24.3 Å². The minimum Gasteiger partial charge on any atom is -0.457 e. The number of hydrogen-bond donors (Lipinski definition) is 1. The largest absolute Gasteiger partial charge is 0.457 e. The second kappa shape index (κ2) is 8.23. The SMILES string of the molecule is Cc1ccc([N+](=O)[O-])cc1-c1ccc(C=C2C(=O)NC(=O)N(c3ccc(Br)cc3)C2=O)o1. The van der Waals surface area contributed by atoms with Gasteiger partial charge in [-0.25, -0.2) is 9.69 Å². The third-order valence-electron chi connectivity index (χ3n) is 4.80. The van der Waals surface area contributed by atoms with E-state index in [0.717, 1.165) is 14.9 Å². The van der Waals surface area contributed by atoms with Gasteiger partial charge in [0, 0.05) is 22.2 Å². The fraction of sp³-hybridized carbons (Fsp3) is 0.0455. The number of furan rings is 1. The monoisotopic (exact) mass is 495 g/mol. The predicted octanol–water partition coefficient (Wildman–Crippen LogP) is 4.59. The summed E-state index contributed by atoms with van der Waals surface area (Å²) in [5.41, 5.74) is 1.18. The van der Waals surface area contributed by atoms with Crippen LogP contribution in [0.1, 0.15) is 11.3 Å². The zero-order chi connectivity index (χ0) is 23.0. The Morgan fingerprint density at radius 3 is 2.47 bits per heavy atom. The number of carbonyl (C=O) groups excluding carboxylic acids is 3. The van der Waals surface area contributed by atoms with Gasteiger partial charge in [0.1, 0.15) is 17.1 Å². The average molecular weight is 496 g/mol. The molecule has 1 aliphatic rings. The summed E-state index contributed by atoms with van der Waals surface area (Å²) in [7, 11) is 0. The summed E-state index contributed by atoms with van der Waals surface area (Å²) in [6, 6.07) is 13.1. The molecule has 0 saturated carbocycles. The van der Waals surface area contributed by atoms with Gasteiger partial charge in [-0.15, -0.1) is 0 Å². The van der Waals surface area contributed by atoms with Gasteiger partial charge in [-0.3, -0.25) is 25.0 Å². The number of barbiturate groups is 1. The molecular weight excluding hydrogens is 482 g/mol. The van der Waals surface area contributed by atoms with Crippen molar-refractivity contribution < 1.29 is 23.7 Å². The van der Waals surface area contributed by atoms with E-state index in [1.54, 1.807) is 43.3 Å². The van der Waals surface area contributed by atoms with Crippen LogP contribution in [0.3, 0.4) is 0 Å². The minimum absolute atomic E-state index is 0.0904. The van der Waals surface area contributed by atoms with Gasteiger partial charge in [-0.05, 0) is 55.0 Å². The van der Waals surface area contributed by atoms with Crippen molar-refractivity contribution in [1.29, 1.82) is 0 Å². The summed E-state index contributed by atoms with van der Waals surface area (Å²) in [6.45, 7) is 1.78. The van der Waals surface area contributed by atoms with Crippen LogP contribution in [-0.4, -0.2) is 22.8 Å². The number of non-ortho nitro benzene ring substituents is 1. The molecule has 9 nitrogen and oxygen atoms in total. The Hall–Kier alpha value is -4.05. The first-order chi connectivity index (χ1) is 15.2. The number of aryl methyl sites for hydroxylation is 1. The number of carbonyl (C=O) groups is 3. The van der Waals surface area contributed by atoms with Gasteiger partial charge in [0.05, 0.1) is 10.6 Å². The number of nitro groups is 1. The lowest BCUT2D eigenvalue weighted by Gasteiger charge is -2.26. The number of nitrogens with one attached hydrogen (secondary N) is 1. The summed E-state index contributed by atoms with van der Waals surface area (Å²) in [5, 5.41) is 13.2. The molecule has 1 fully saturated rings. The summed E-state index contributed by atoms with van der Waals surface area (Å²) in [5.74, 6) is -1.14. The maximum absolute atomic E-state index is 12.9. The van der Waals surface area contributed by atoms with E-state index in [0.29, 0.717) is 17.0 Å². The lowest BCUT2D eigenvalue weighted by atomic mass is 10.1. The first-order valence-corrected chi connectivity index (χ1v) is 10.1. The van der Waals surface area contributed by atoms with Crippen molar-refractivity contribution in [3.8, 4) is 11.3 Å². The molecule has 4 amide bonds. The summed E-state index contributed by atoms with van der Waals surface area (Å²) in [6.07, 6.45) is 1.23. The molecule has 1 N–H and O–H groups in total. The summed E-state index contributed by atoms with van der Waals surface area (Å²) >= 11 is 3.29. The molecule has 1 saturated heterocycles. The van der Waals surface area contributed by atoms with Gasteiger partial charge >= 0.3 is 6.03 Å². The maximum Gasteiger partial charge on any atom is 0.335 e. The van der Waals surface area contributed by atoms with Crippen molar-refractivity contribution in [2.24, 2.45) is 0 Å². The van der Waals surface area contributed by atoms with Crippen molar-refractivity contribution in [2.75, 3.05) is 4.90 Å². The molecule has 0 unspecified atom stereocenters. The van der Waals surface area contributed by atoms with E-state index >= 15 is 0 Å². The first-order valence-electron chi connectivity index (χ1n) is 9.27. The number of benzene rings is 2. The number of amides is 4. The van der Waals surface area contributed by atoms with Crippen LogP contribution >= 0.6 is 15.9 Å². The van der Waals surface area contributed by atoms with E-state index in [-0.39, 0.29) is 17.0 Å². The Labute approximate surface area is 189 Å². The molecule has 3 aromatic rings. The molecule has 2 heterocycles. The highest BCUT2D eigenvalue weighted by Gasteiger charge is 2.37.